The highest BCUT2D eigenvalue weighted by atomic mass is 16.5. The van der Waals surface area contributed by atoms with Crippen LogP contribution in [0.3, 0.4) is 0 Å². The van der Waals surface area contributed by atoms with Crippen LogP contribution in [0.1, 0.15) is 24.5 Å². The van der Waals surface area contributed by atoms with Crippen molar-refractivity contribution in [3.05, 3.63) is 40.7 Å². The van der Waals surface area contributed by atoms with Gasteiger partial charge in [-0.3, -0.25) is 4.79 Å². The molecule has 1 aromatic carbocycles. The summed E-state index contributed by atoms with van der Waals surface area (Å²) in [5, 5.41) is 9.86. The van der Waals surface area contributed by atoms with E-state index in [1.54, 1.807) is 18.9 Å². The van der Waals surface area contributed by atoms with Gasteiger partial charge >= 0.3 is 5.97 Å². The van der Waals surface area contributed by atoms with Crippen LogP contribution < -0.4 is 4.74 Å². The number of esters is 1. The molecule has 6 nitrogen and oxygen atoms in total. The van der Waals surface area contributed by atoms with Crippen LogP contribution in [0.25, 0.3) is 0 Å². The van der Waals surface area contributed by atoms with Crippen molar-refractivity contribution in [1.82, 2.24) is 4.90 Å². The maximum absolute atomic E-state index is 12.5. The second-order valence-electron chi connectivity index (χ2n) is 5.31. The summed E-state index contributed by atoms with van der Waals surface area (Å²) in [7, 11) is 1.60. The van der Waals surface area contributed by atoms with E-state index >= 15 is 0 Å². The zero-order chi connectivity index (χ0) is 17.0. The van der Waals surface area contributed by atoms with Crippen LogP contribution in [0.4, 0.5) is 0 Å². The molecule has 0 fully saturated rings. The number of carbonyl (C=O) groups is 2. The molecule has 1 heterocycles. The normalized spacial score (nSPS) is 14.9. The number of hydrogen-bond acceptors (Lipinski definition) is 5. The molecule has 0 radical (unpaired) electrons. The fourth-order valence-corrected chi connectivity index (χ4v) is 2.49. The van der Waals surface area contributed by atoms with Crippen LogP contribution in [0.2, 0.25) is 0 Å². The van der Waals surface area contributed by atoms with Gasteiger partial charge in [-0.1, -0.05) is 6.07 Å². The van der Waals surface area contributed by atoms with Gasteiger partial charge in [-0.15, -0.1) is 0 Å². The largest absolute Gasteiger partial charge is 0.511 e. The quantitative estimate of drug-likeness (QED) is 0.664. The van der Waals surface area contributed by atoms with Crippen molar-refractivity contribution in [1.29, 1.82) is 0 Å². The van der Waals surface area contributed by atoms with Gasteiger partial charge in [-0.2, -0.15) is 0 Å². The van der Waals surface area contributed by atoms with Crippen molar-refractivity contribution in [2.45, 2.75) is 26.8 Å². The van der Waals surface area contributed by atoms with Gasteiger partial charge in [0.2, 0.25) is 0 Å². The third-order valence-corrected chi connectivity index (χ3v) is 3.80. The summed E-state index contributed by atoms with van der Waals surface area (Å²) in [6.45, 7) is 4.47. The molecular weight excluding hydrogens is 298 g/mol. The number of aryl methyl sites for hydroxylation is 1. The van der Waals surface area contributed by atoms with Crippen molar-refractivity contribution < 1.29 is 24.2 Å². The molecule has 6 heteroatoms. The highest BCUT2D eigenvalue weighted by molar-refractivity contribution is 6.17. The Bertz CT molecular complexity index is 650. The zero-order valence-electron chi connectivity index (χ0n) is 13.6. The van der Waals surface area contributed by atoms with Crippen LogP contribution in [0, 0.1) is 6.92 Å². The van der Waals surface area contributed by atoms with Crippen LogP contribution >= 0.6 is 0 Å². The monoisotopic (exact) mass is 319 g/mol. The Morgan fingerprint density at radius 1 is 1.39 bits per heavy atom. The standard InChI is InChI=1S/C17H21NO5/c1-4-23-17(21)15-14(19)7-8-18(16(15)20)10-12-5-6-13(22-3)9-11(12)2/h5-6,9,19H,4,7-8,10H2,1-3H3. The number of ether oxygens (including phenoxy) is 2. The van der Waals surface area contributed by atoms with E-state index in [0.29, 0.717) is 13.1 Å². The lowest BCUT2D eigenvalue weighted by molar-refractivity contribution is -0.143. The first kappa shape index (κ1) is 16.9. The van der Waals surface area contributed by atoms with Crippen LogP contribution in [0.15, 0.2) is 29.5 Å². The van der Waals surface area contributed by atoms with Crippen molar-refractivity contribution in [3.8, 4) is 5.75 Å². The van der Waals surface area contributed by atoms with E-state index in [-0.39, 0.29) is 24.4 Å². The van der Waals surface area contributed by atoms with E-state index in [4.69, 9.17) is 9.47 Å². The summed E-state index contributed by atoms with van der Waals surface area (Å²) in [5.74, 6) is -0.717. The first-order chi connectivity index (χ1) is 11.0. The van der Waals surface area contributed by atoms with Gasteiger partial charge < -0.3 is 19.5 Å². The zero-order valence-corrected chi connectivity index (χ0v) is 13.6. The van der Waals surface area contributed by atoms with E-state index in [9.17, 15) is 14.7 Å². The number of aliphatic hydroxyl groups is 1. The fourth-order valence-electron chi connectivity index (χ4n) is 2.49. The molecule has 1 aromatic rings. The van der Waals surface area contributed by atoms with Crippen molar-refractivity contribution >= 4 is 11.9 Å². The van der Waals surface area contributed by atoms with E-state index in [1.165, 1.54) is 0 Å². The summed E-state index contributed by atoms with van der Waals surface area (Å²) in [6.07, 6.45) is 0.245. The van der Waals surface area contributed by atoms with Crippen LogP contribution in [-0.4, -0.2) is 42.1 Å². The van der Waals surface area contributed by atoms with Gasteiger partial charge in [-0.05, 0) is 37.1 Å². The maximum atomic E-state index is 12.5. The molecule has 124 valence electrons. The van der Waals surface area contributed by atoms with E-state index < -0.39 is 11.9 Å². The van der Waals surface area contributed by atoms with Crippen molar-refractivity contribution in [2.75, 3.05) is 20.3 Å². The minimum absolute atomic E-state index is 0.153. The topological polar surface area (TPSA) is 76.1 Å². The number of hydrogen-bond donors (Lipinski definition) is 1. The Balaban J connectivity index is 2.19. The maximum Gasteiger partial charge on any atom is 0.347 e. The number of benzene rings is 1. The summed E-state index contributed by atoms with van der Waals surface area (Å²) >= 11 is 0. The average molecular weight is 319 g/mol. The first-order valence-electron chi connectivity index (χ1n) is 7.50. The molecule has 0 bridgehead atoms. The SMILES string of the molecule is CCOC(=O)C1=C(O)CCN(Cc2ccc(OC)cc2C)C1=O. The fraction of sp³-hybridized carbons (Fsp3) is 0.412. The smallest absolute Gasteiger partial charge is 0.347 e. The van der Waals surface area contributed by atoms with Gasteiger partial charge in [-0.25, -0.2) is 4.79 Å². The Labute approximate surface area is 135 Å². The summed E-state index contributed by atoms with van der Waals surface area (Å²) in [6, 6.07) is 5.61. The van der Waals surface area contributed by atoms with Gasteiger partial charge in [0, 0.05) is 19.5 Å². The lowest BCUT2D eigenvalue weighted by atomic mass is 10.0. The molecule has 1 aliphatic rings. The number of rotatable bonds is 5. The molecule has 0 spiro atoms. The molecule has 0 aromatic heterocycles. The third kappa shape index (κ3) is 3.64. The second-order valence-corrected chi connectivity index (χ2v) is 5.31. The molecule has 1 N–H and O–H groups in total. The Morgan fingerprint density at radius 2 is 2.13 bits per heavy atom. The van der Waals surface area contributed by atoms with Crippen LogP contribution in [-0.2, 0) is 20.9 Å². The number of methoxy groups -OCH3 is 1. The van der Waals surface area contributed by atoms with Crippen molar-refractivity contribution in [3.63, 3.8) is 0 Å². The lowest BCUT2D eigenvalue weighted by Gasteiger charge is -2.28. The van der Waals surface area contributed by atoms with E-state index in [2.05, 4.69) is 0 Å². The molecular formula is C17H21NO5. The summed E-state index contributed by atoms with van der Waals surface area (Å²) in [4.78, 5) is 25.9. The minimum Gasteiger partial charge on any atom is -0.511 e. The summed E-state index contributed by atoms with van der Waals surface area (Å²) < 4.78 is 10.0. The van der Waals surface area contributed by atoms with Gasteiger partial charge in [0.05, 0.1) is 13.7 Å². The Hall–Kier alpha value is -2.50. The van der Waals surface area contributed by atoms with E-state index in [0.717, 1.165) is 16.9 Å². The minimum atomic E-state index is -0.772. The van der Waals surface area contributed by atoms with E-state index in [1.807, 2.05) is 25.1 Å². The average Bonchev–Trinajstić information content (AvgIpc) is 2.52. The Morgan fingerprint density at radius 3 is 2.74 bits per heavy atom. The predicted molar refractivity (Wildman–Crippen MR) is 84.1 cm³/mol. The molecule has 0 saturated heterocycles. The molecule has 0 saturated carbocycles. The van der Waals surface area contributed by atoms with Crippen molar-refractivity contribution in [2.24, 2.45) is 0 Å². The first-order valence-corrected chi connectivity index (χ1v) is 7.50. The second kappa shape index (κ2) is 7.17. The molecule has 1 aliphatic heterocycles. The van der Waals surface area contributed by atoms with Crippen LogP contribution in [0.5, 0.6) is 5.75 Å². The Kier molecular flexibility index (Phi) is 5.26. The highest BCUT2D eigenvalue weighted by Crippen LogP contribution is 2.23. The molecule has 1 amide bonds. The predicted octanol–water partition coefficient (Wildman–Crippen LogP) is 2.11. The third-order valence-electron chi connectivity index (χ3n) is 3.80. The number of nitrogens with zero attached hydrogens (tertiary/aromatic N) is 1. The number of aliphatic hydroxyl groups excluding tert-OH is 1. The van der Waals surface area contributed by atoms with Gasteiger partial charge in [0.15, 0.2) is 5.57 Å². The van der Waals surface area contributed by atoms with Gasteiger partial charge in [0.1, 0.15) is 11.5 Å². The molecule has 23 heavy (non-hydrogen) atoms. The number of carbonyl (C=O) groups excluding carboxylic acids is 2. The summed E-state index contributed by atoms with van der Waals surface area (Å²) in [5.41, 5.74) is 1.70. The number of amides is 1. The highest BCUT2D eigenvalue weighted by Gasteiger charge is 2.33. The molecule has 0 aliphatic carbocycles. The lowest BCUT2D eigenvalue weighted by Crippen LogP contribution is -2.39. The van der Waals surface area contributed by atoms with Gasteiger partial charge in [0.25, 0.3) is 5.91 Å². The molecule has 0 unspecified atom stereocenters. The molecule has 2 rings (SSSR count). The molecule has 0 atom stereocenters.